The number of carbonyl (C=O) groups is 1. The van der Waals surface area contributed by atoms with Gasteiger partial charge >= 0.3 is 0 Å². The molecule has 25 heavy (non-hydrogen) atoms. The highest BCUT2D eigenvalue weighted by molar-refractivity contribution is 6.35. The molecule has 1 atom stereocenters. The van der Waals surface area contributed by atoms with Gasteiger partial charge in [0.15, 0.2) is 6.61 Å². The number of benzene rings is 2. The highest BCUT2D eigenvalue weighted by Gasteiger charge is 2.32. The van der Waals surface area contributed by atoms with Crippen LogP contribution >= 0.6 is 23.2 Å². The molecule has 5 nitrogen and oxygen atoms in total. The fourth-order valence-electron chi connectivity index (χ4n) is 2.35. The standard InChI is InChI=1S/C18H16Cl2N2O3/c1-11-3-5-13(6-4-11)18-22(12(2)23)21-17(25-18)10-24-16-8-7-14(19)9-15(16)20/h3-9,18H,10H2,1-2H3/t18-/m0/s1. The lowest BCUT2D eigenvalue weighted by Crippen LogP contribution is -2.25. The van der Waals surface area contributed by atoms with Crippen molar-refractivity contribution in [2.45, 2.75) is 20.1 Å². The van der Waals surface area contributed by atoms with E-state index in [0.717, 1.165) is 11.1 Å². The van der Waals surface area contributed by atoms with Crippen LogP contribution in [-0.4, -0.2) is 23.4 Å². The minimum atomic E-state index is -0.600. The zero-order chi connectivity index (χ0) is 18.0. The molecule has 0 fully saturated rings. The Labute approximate surface area is 155 Å². The van der Waals surface area contributed by atoms with Crippen LogP contribution < -0.4 is 4.74 Å². The molecule has 0 N–H and O–H groups in total. The Morgan fingerprint density at radius 1 is 1.24 bits per heavy atom. The monoisotopic (exact) mass is 378 g/mol. The molecule has 130 valence electrons. The van der Waals surface area contributed by atoms with Gasteiger partial charge in [-0.25, -0.2) is 0 Å². The first kappa shape index (κ1) is 17.6. The fraction of sp³-hybridized carbons (Fsp3) is 0.222. The maximum absolute atomic E-state index is 11.9. The maximum atomic E-state index is 11.9. The smallest absolute Gasteiger partial charge is 0.247 e. The maximum Gasteiger partial charge on any atom is 0.247 e. The van der Waals surface area contributed by atoms with Crippen LogP contribution in [0, 0.1) is 6.92 Å². The van der Waals surface area contributed by atoms with Crippen LogP contribution in [0.4, 0.5) is 0 Å². The van der Waals surface area contributed by atoms with Crippen LogP contribution in [0.15, 0.2) is 47.6 Å². The Morgan fingerprint density at radius 2 is 1.96 bits per heavy atom. The minimum absolute atomic E-state index is 0.0491. The van der Waals surface area contributed by atoms with Gasteiger partial charge in [0, 0.05) is 17.5 Å². The molecule has 0 spiro atoms. The van der Waals surface area contributed by atoms with E-state index in [0.29, 0.717) is 21.7 Å². The topological polar surface area (TPSA) is 51.1 Å². The Kier molecular flexibility index (Phi) is 5.16. The van der Waals surface area contributed by atoms with Crippen molar-refractivity contribution >= 4 is 35.0 Å². The Morgan fingerprint density at radius 3 is 2.60 bits per heavy atom. The fourth-order valence-corrected chi connectivity index (χ4v) is 2.81. The van der Waals surface area contributed by atoms with Crippen molar-refractivity contribution in [2.75, 3.05) is 6.61 Å². The van der Waals surface area contributed by atoms with Gasteiger partial charge in [-0.1, -0.05) is 53.0 Å². The molecule has 0 aliphatic carbocycles. The van der Waals surface area contributed by atoms with Crippen LogP contribution in [0.25, 0.3) is 0 Å². The molecule has 1 aliphatic rings. The number of hydrogen-bond acceptors (Lipinski definition) is 4. The molecule has 1 amide bonds. The van der Waals surface area contributed by atoms with Crippen LogP contribution in [0.1, 0.15) is 24.3 Å². The van der Waals surface area contributed by atoms with Gasteiger partial charge in [0.1, 0.15) is 5.75 Å². The summed E-state index contributed by atoms with van der Waals surface area (Å²) in [4.78, 5) is 11.9. The van der Waals surface area contributed by atoms with E-state index >= 15 is 0 Å². The predicted octanol–water partition coefficient (Wildman–Crippen LogP) is 4.57. The van der Waals surface area contributed by atoms with E-state index < -0.39 is 6.23 Å². The molecule has 0 saturated carbocycles. The van der Waals surface area contributed by atoms with Crippen molar-refractivity contribution in [3.8, 4) is 5.75 Å². The second-order valence-electron chi connectivity index (χ2n) is 5.60. The van der Waals surface area contributed by atoms with Crippen LogP contribution in [0.5, 0.6) is 5.75 Å². The van der Waals surface area contributed by atoms with E-state index in [-0.39, 0.29) is 12.5 Å². The molecule has 0 unspecified atom stereocenters. The second-order valence-corrected chi connectivity index (χ2v) is 6.45. The Balaban J connectivity index is 1.73. The summed E-state index contributed by atoms with van der Waals surface area (Å²) in [5, 5.41) is 6.43. The Hall–Kier alpha value is -2.24. The first-order valence-corrected chi connectivity index (χ1v) is 8.38. The molecule has 7 heteroatoms. The summed E-state index contributed by atoms with van der Waals surface area (Å²) in [5.41, 5.74) is 1.96. The molecule has 2 aromatic carbocycles. The number of hydrazone groups is 1. The van der Waals surface area contributed by atoms with E-state index in [1.165, 1.54) is 11.9 Å². The van der Waals surface area contributed by atoms with E-state index in [4.69, 9.17) is 32.7 Å². The molecule has 0 aromatic heterocycles. The summed E-state index contributed by atoms with van der Waals surface area (Å²) in [7, 11) is 0. The van der Waals surface area contributed by atoms with Gasteiger partial charge in [0.05, 0.1) is 5.02 Å². The van der Waals surface area contributed by atoms with Gasteiger partial charge in [-0.05, 0) is 25.1 Å². The van der Waals surface area contributed by atoms with Crippen molar-refractivity contribution in [1.82, 2.24) is 5.01 Å². The summed E-state index contributed by atoms with van der Waals surface area (Å²) >= 11 is 11.9. The van der Waals surface area contributed by atoms with Crippen molar-refractivity contribution in [3.63, 3.8) is 0 Å². The highest BCUT2D eigenvalue weighted by Crippen LogP contribution is 2.30. The average molecular weight is 379 g/mol. The van der Waals surface area contributed by atoms with Crippen molar-refractivity contribution < 1.29 is 14.3 Å². The molecule has 1 heterocycles. The molecule has 0 radical (unpaired) electrons. The van der Waals surface area contributed by atoms with E-state index in [1.807, 2.05) is 31.2 Å². The first-order valence-electron chi connectivity index (χ1n) is 7.62. The van der Waals surface area contributed by atoms with Crippen LogP contribution in [0.3, 0.4) is 0 Å². The van der Waals surface area contributed by atoms with Crippen molar-refractivity contribution in [3.05, 3.63) is 63.6 Å². The Bertz CT molecular complexity index is 822. The summed E-state index contributed by atoms with van der Waals surface area (Å²) < 4.78 is 11.4. The number of carbonyl (C=O) groups excluding carboxylic acids is 1. The third kappa shape index (κ3) is 4.06. The van der Waals surface area contributed by atoms with E-state index in [2.05, 4.69) is 5.10 Å². The van der Waals surface area contributed by atoms with Gasteiger partial charge in [-0.15, -0.1) is 5.10 Å². The predicted molar refractivity (Wildman–Crippen MR) is 96.9 cm³/mol. The van der Waals surface area contributed by atoms with Crippen molar-refractivity contribution in [2.24, 2.45) is 5.10 Å². The molecular weight excluding hydrogens is 363 g/mol. The zero-order valence-electron chi connectivity index (χ0n) is 13.7. The summed E-state index contributed by atoms with van der Waals surface area (Å²) in [5.74, 6) is 0.544. The summed E-state index contributed by atoms with van der Waals surface area (Å²) in [6, 6.07) is 12.7. The van der Waals surface area contributed by atoms with Gasteiger partial charge in [-0.2, -0.15) is 5.01 Å². The van der Waals surface area contributed by atoms with E-state index in [9.17, 15) is 4.79 Å². The second kappa shape index (κ2) is 7.33. The lowest BCUT2D eigenvalue weighted by Gasteiger charge is -2.19. The van der Waals surface area contributed by atoms with Gasteiger partial charge in [0.25, 0.3) is 0 Å². The lowest BCUT2D eigenvalue weighted by atomic mass is 10.1. The number of ether oxygens (including phenoxy) is 2. The highest BCUT2D eigenvalue weighted by atomic mass is 35.5. The quantitative estimate of drug-likeness (QED) is 0.782. The molecule has 0 saturated heterocycles. The minimum Gasteiger partial charge on any atom is -0.482 e. The molecule has 1 aliphatic heterocycles. The number of rotatable bonds is 4. The molecule has 2 aromatic rings. The van der Waals surface area contributed by atoms with Gasteiger partial charge in [0.2, 0.25) is 18.0 Å². The lowest BCUT2D eigenvalue weighted by molar-refractivity contribution is -0.135. The number of aryl methyl sites for hydroxylation is 1. The number of amides is 1. The van der Waals surface area contributed by atoms with Crippen LogP contribution in [-0.2, 0) is 9.53 Å². The average Bonchev–Trinajstić information content (AvgIpc) is 2.99. The van der Waals surface area contributed by atoms with Gasteiger partial charge < -0.3 is 9.47 Å². The largest absolute Gasteiger partial charge is 0.482 e. The molecule has 0 bridgehead atoms. The van der Waals surface area contributed by atoms with E-state index in [1.54, 1.807) is 18.2 Å². The zero-order valence-corrected chi connectivity index (χ0v) is 15.2. The SMILES string of the molecule is CC(=O)N1N=C(COc2ccc(Cl)cc2Cl)O[C@H]1c1ccc(C)cc1. The normalized spacial score (nSPS) is 16.4. The third-order valence-electron chi connectivity index (χ3n) is 3.62. The third-order valence-corrected chi connectivity index (χ3v) is 4.15. The number of hydrogen-bond donors (Lipinski definition) is 0. The molecule has 3 rings (SSSR count). The van der Waals surface area contributed by atoms with Crippen molar-refractivity contribution in [1.29, 1.82) is 0 Å². The summed E-state index contributed by atoms with van der Waals surface area (Å²) in [6.07, 6.45) is -0.600. The summed E-state index contributed by atoms with van der Waals surface area (Å²) in [6.45, 7) is 3.48. The molecular formula is C18H16Cl2N2O3. The van der Waals surface area contributed by atoms with Crippen LogP contribution in [0.2, 0.25) is 10.0 Å². The number of nitrogens with zero attached hydrogens (tertiary/aromatic N) is 2. The first-order chi connectivity index (χ1) is 11.9. The number of halogens is 2. The van der Waals surface area contributed by atoms with Gasteiger partial charge in [-0.3, -0.25) is 4.79 Å².